The van der Waals surface area contributed by atoms with E-state index in [1.807, 2.05) is 0 Å². The second-order valence-electron chi connectivity index (χ2n) is 4.43. The Balaban J connectivity index is 1.83. The molecule has 19 heavy (non-hydrogen) atoms. The molecule has 2 aliphatic rings. The van der Waals surface area contributed by atoms with Crippen LogP contribution in [0.1, 0.15) is 0 Å². The second kappa shape index (κ2) is 6.61. The predicted molar refractivity (Wildman–Crippen MR) is 68.3 cm³/mol. The lowest BCUT2D eigenvalue weighted by Gasteiger charge is -2.37. The number of carbonyl (C=O) groups excluding carboxylic acids is 1. The van der Waals surface area contributed by atoms with Gasteiger partial charge in [-0.05, 0) is 0 Å². The minimum Gasteiger partial charge on any atom is -0.463 e. The van der Waals surface area contributed by atoms with Gasteiger partial charge in [0.1, 0.15) is 31.0 Å². The zero-order valence-corrected chi connectivity index (χ0v) is 11.5. The second-order valence-corrected chi connectivity index (χ2v) is 6.99. The molecule has 7 nitrogen and oxygen atoms in total. The third-order valence-corrected chi connectivity index (χ3v) is 5.59. The lowest BCUT2D eigenvalue weighted by molar-refractivity contribution is -0.287. The van der Waals surface area contributed by atoms with E-state index in [0.717, 1.165) is 0 Å². The van der Waals surface area contributed by atoms with E-state index in [0.29, 0.717) is 11.5 Å². The van der Waals surface area contributed by atoms with Crippen molar-refractivity contribution in [1.82, 2.24) is 0 Å². The Labute approximate surface area is 117 Å². The van der Waals surface area contributed by atoms with Gasteiger partial charge in [-0.3, -0.25) is 4.79 Å². The number of ether oxygens (including phenoxy) is 2. The standard InChI is InChI=1S/C10H16O7S2/c11-6-5(17-10(15)8(13)7(6)12)1-16-9(14)4-2-18-19-3-4/h4-8,10-13,15H,1-3H2/t5-,6-,7+,8-,10-/m1/s1. The summed E-state index contributed by atoms with van der Waals surface area (Å²) in [5, 5.41) is 37.7. The summed E-state index contributed by atoms with van der Waals surface area (Å²) in [5.41, 5.74) is 0. The fourth-order valence-corrected chi connectivity index (χ4v) is 4.54. The molecule has 0 aromatic rings. The van der Waals surface area contributed by atoms with Gasteiger partial charge < -0.3 is 29.9 Å². The molecule has 2 fully saturated rings. The number of hydrogen-bond acceptors (Lipinski definition) is 9. The molecule has 0 aliphatic carbocycles. The minimum absolute atomic E-state index is 0.184. The average Bonchev–Trinajstić information content (AvgIpc) is 2.92. The zero-order valence-electron chi connectivity index (χ0n) is 9.92. The summed E-state index contributed by atoms with van der Waals surface area (Å²) in [6, 6.07) is 0. The molecule has 0 saturated carbocycles. The van der Waals surface area contributed by atoms with Crippen molar-refractivity contribution in [3.63, 3.8) is 0 Å². The molecule has 0 unspecified atom stereocenters. The monoisotopic (exact) mass is 312 g/mol. The Kier molecular flexibility index (Phi) is 5.35. The maximum absolute atomic E-state index is 11.7. The Morgan fingerprint density at radius 3 is 2.37 bits per heavy atom. The Hall–Kier alpha value is -0.0300. The molecule has 2 aliphatic heterocycles. The van der Waals surface area contributed by atoms with Gasteiger partial charge in [-0.2, -0.15) is 0 Å². The first kappa shape index (κ1) is 15.4. The minimum atomic E-state index is -1.61. The van der Waals surface area contributed by atoms with Crippen LogP contribution in [0.4, 0.5) is 0 Å². The van der Waals surface area contributed by atoms with Gasteiger partial charge in [0, 0.05) is 11.5 Å². The van der Waals surface area contributed by atoms with Gasteiger partial charge in [-0.15, -0.1) is 0 Å². The summed E-state index contributed by atoms with van der Waals surface area (Å²) in [6.45, 7) is -0.271. The van der Waals surface area contributed by atoms with Crippen molar-refractivity contribution in [2.24, 2.45) is 5.92 Å². The summed E-state index contributed by atoms with van der Waals surface area (Å²) in [4.78, 5) is 11.7. The highest BCUT2D eigenvalue weighted by Gasteiger charge is 2.43. The van der Waals surface area contributed by atoms with E-state index >= 15 is 0 Å². The topological polar surface area (TPSA) is 116 Å². The molecule has 0 amide bonds. The van der Waals surface area contributed by atoms with Crippen LogP contribution in [0.3, 0.4) is 0 Å². The number of hydrogen-bond donors (Lipinski definition) is 4. The molecule has 110 valence electrons. The quantitative estimate of drug-likeness (QED) is 0.359. The molecule has 2 rings (SSSR count). The van der Waals surface area contributed by atoms with Gasteiger partial charge in [-0.25, -0.2) is 0 Å². The van der Waals surface area contributed by atoms with Crippen LogP contribution in [0.25, 0.3) is 0 Å². The largest absolute Gasteiger partial charge is 0.463 e. The predicted octanol–water partition coefficient (Wildman–Crippen LogP) is -1.66. The molecule has 0 spiro atoms. The third-order valence-electron chi connectivity index (χ3n) is 3.03. The first-order chi connectivity index (χ1) is 9.00. The Morgan fingerprint density at radius 2 is 1.74 bits per heavy atom. The Morgan fingerprint density at radius 1 is 1.11 bits per heavy atom. The van der Waals surface area contributed by atoms with Crippen LogP contribution < -0.4 is 0 Å². The molecule has 0 radical (unpaired) electrons. The van der Waals surface area contributed by atoms with E-state index in [1.165, 1.54) is 0 Å². The van der Waals surface area contributed by atoms with E-state index in [2.05, 4.69) is 0 Å². The number of carbonyl (C=O) groups is 1. The van der Waals surface area contributed by atoms with Crippen molar-refractivity contribution in [3.8, 4) is 0 Å². The van der Waals surface area contributed by atoms with Crippen LogP contribution >= 0.6 is 21.6 Å². The smallest absolute Gasteiger partial charge is 0.310 e. The first-order valence-electron chi connectivity index (χ1n) is 5.79. The summed E-state index contributed by atoms with van der Waals surface area (Å²) in [5.74, 6) is 0.794. The molecule has 5 atom stereocenters. The molecular weight excluding hydrogens is 296 g/mol. The number of aliphatic hydroxyl groups excluding tert-OH is 4. The maximum Gasteiger partial charge on any atom is 0.310 e. The summed E-state index contributed by atoms with van der Waals surface area (Å²) < 4.78 is 9.92. The normalized spacial score (nSPS) is 40.3. The highest BCUT2D eigenvalue weighted by Crippen LogP contribution is 2.35. The van der Waals surface area contributed by atoms with Crippen molar-refractivity contribution in [2.75, 3.05) is 18.1 Å². The molecule has 4 N–H and O–H groups in total. The molecule has 0 aromatic carbocycles. The van der Waals surface area contributed by atoms with Crippen LogP contribution in [0.15, 0.2) is 0 Å². The van der Waals surface area contributed by atoms with Gasteiger partial charge in [-0.1, -0.05) is 21.6 Å². The van der Waals surface area contributed by atoms with Gasteiger partial charge >= 0.3 is 5.97 Å². The molecular formula is C10H16O7S2. The van der Waals surface area contributed by atoms with Crippen LogP contribution in [-0.2, 0) is 14.3 Å². The summed E-state index contributed by atoms with van der Waals surface area (Å²) in [7, 11) is 3.19. The lowest BCUT2D eigenvalue weighted by Crippen LogP contribution is -2.58. The van der Waals surface area contributed by atoms with Crippen molar-refractivity contribution in [1.29, 1.82) is 0 Å². The average molecular weight is 312 g/mol. The molecule has 0 aromatic heterocycles. The first-order valence-corrected chi connectivity index (χ1v) is 8.28. The Bertz CT molecular complexity index is 323. The molecule has 2 saturated heterocycles. The molecule has 0 bridgehead atoms. The number of aliphatic hydroxyl groups is 4. The van der Waals surface area contributed by atoms with Crippen molar-refractivity contribution in [3.05, 3.63) is 0 Å². The maximum atomic E-state index is 11.7. The molecule has 2 heterocycles. The fourth-order valence-electron chi connectivity index (χ4n) is 1.80. The number of rotatable bonds is 3. The fraction of sp³-hybridized carbons (Fsp3) is 0.900. The van der Waals surface area contributed by atoms with E-state index in [-0.39, 0.29) is 18.5 Å². The van der Waals surface area contributed by atoms with Gasteiger partial charge in [0.2, 0.25) is 0 Å². The third kappa shape index (κ3) is 3.54. The van der Waals surface area contributed by atoms with E-state index in [9.17, 15) is 25.2 Å². The molecule has 9 heteroatoms. The van der Waals surface area contributed by atoms with Crippen LogP contribution in [-0.4, -0.2) is 75.2 Å². The van der Waals surface area contributed by atoms with Gasteiger partial charge in [0.15, 0.2) is 6.29 Å². The van der Waals surface area contributed by atoms with Gasteiger partial charge in [0.05, 0.1) is 5.92 Å². The number of esters is 1. The lowest BCUT2D eigenvalue weighted by atomic mass is 9.99. The van der Waals surface area contributed by atoms with Crippen LogP contribution in [0.5, 0.6) is 0 Å². The summed E-state index contributed by atoms with van der Waals surface area (Å²) >= 11 is 0. The highest BCUT2D eigenvalue weighted by atomic mass is 33.1. The van der Waals surface area contributed by atoms with Crippen molar-refractivity contribution in [2.45, 2.75) is 30.7 Å². The van der Waals surface area contributed by atoms with Crippen LogP contribution in [0.2, 0.25) is 0 Å². The summed E-state index contributed by atoms with van der Waals surface area (Å²) in [6.07, 6.45) is -7.20. The van der Waals surface area contributed by atoms with Crippen LogP contribution in [0, 0.1) is 5.92 Å². The van der Waals surface area contributed by atoms with E-state index < -0.39 is 30.7 Å². The zero-order chi connectivity index (χ0) is 14.0. The van der Waals surface area contributed by atoms with E-state index in [4.69, 9.17) is 9.47 Å². The van der Waals surface area contributed by atoms with Crippen molar-refractivity contribution < 1.29 is 34.7 Å². The highest BCUT2D eigenvalue weighted by molar-refractivity contribution is 8.77. The van der Waals surface area contributed by atoms with E-state index in [1.54, 1.807) is 21.6 Å². The van der Waals surface area contributed by atoms with Crippen molar-refractivity contribution >= 4 is 27.6 Å². The van der Waals surface area contributed by atoms with Gasteiger partial charge in [0.25, 0.3) is 0 Å². The SMILES string of the molecule is O=C(OC[C@H]1O[C@@H](O)[C@H](O)[C@@H](O)[C@@H]1O)C1CSSC1.